The van der Waals surface area contributed by atoms with Crippen LogP contribution in [0.3, 0.4) is 0 Å². The Morgan fingerprint density at radius 3 is 1.33 bits per heavy atom. The third-order valence-electron chi connectivity index (χ3n) is 8.35. The van der Waals surface area contributed by atoms with E-state index in [4.69, 9.17) is 11.5 Å². The van der Waals surface area contributed by atoms with Crippen molar-refractivity contribution in [3.8, 4) is 0 Å². The quantitative estimate of drug-likeness (QED) is 0.0543. The Bertz CT molecular complexity index is 915. The summed E-state index contributed by atoms with van der Waals surface area (Å²) in [5, 5.41) is 20.7. The Kier molecular flexibility index (Phi) is 26.5. The van der Waals surface area contributed by atoms with Crippen molar-refractivity contribution in [2.75, 3.05) is 13.1 Å². The van der Waals surface area contributed by atoms with Crippen LogP contribution in [-0.2, 0) is 24.0 Å². The molecule has 0 bridgehead atoms. The molecule has 0 aromatic rings. The number of nitrogens with two attached hydrogens (primary N) is 2. The molecular formula is C36H70N6O6. The van der Waals surface area contributed by atoms with Gasteiger partial charge in [-0.1, -0.05) is 86.0 Å². The SMILES string of the molecule is CCCCCCCCCCCC(=O)N[C@@H](CCCCN)C(=O)N[C@@H](CC(C)C)C(=O)N[C@@H](CC(C)C)C(=O)N[C@@H](CCCCN)C(=O)O. The number of carboxylic acid groups (broad SMARTS) is 1. The molecule has 0 radical (unpaired) electrons. The molecule has 0 aliphatic carbocycles. The van der Waals surface area contributed by atoms with Crippen molar-refractivity contribution < 1.29 is 29.1 Å². The molecule has 4 amide bonds. The van der Waals surface area contributed by atoms with Gasteiger partial charge in [-0.25, -0.2) is 4.79 Å². The van der Waals surface area contributed by atoms with Crippen molar-refractivity contribution in [2.45, 2.75) is 174 Å². The van der Waals surface area contributed by atoms with E-state index >= 15 is 0 Å². The molecule has 12 nitrogen and oxygen atoms in total. The van der Waals surface area contributed by atoms with Gasteiger partial charge >= 0.3 is 5.97 Å². The Morgan fingerprint density at radius 2 is 0.917 bits per heavy atom. The molecule has 0 aliphatic heterocycles. The van der Waals surface area contributed by atoms with Crippen LogP contribution in [0.5, 0.6) is 0 Å². The van der Waals surface area contributed by atoms with Crippen molar-refractivity contribution in [1.82, 2.24) is 21.3 Å². The predicted octanol–water partition coefficient (Wildman–Crippen LogP) is 4.28. The molecule has 0 heterocycles. The monoisotopic (exact) mass is 683 g/mol. The highest BCUT2D eigenvalue weighted by atomic mass is 16.4. The van der Waals surface area contributed by atoms with Gasteiger partial charge in [0.2, 0.25) is 23.6 Å². The summed E-state index contributed by atoms with van der Waals surface area (Å²) in [5.41, 5.74) is 11.2. The number of aliphatic carboxylic acids is 1. The van der Waals surface area contributed by atoms with Crippen LogP contribution in [0.4, 0.5) is 0 Å². The maximum Gasteiger partial charge on any atom is 0.326 e. The number of amides is 4. The molecule has 0 saturated carbocycles. The van der Waals surface area contributed by atoms with Crippen LogP contribution in [0.2, 0.25) is 0 Å². The molecule has 12 heteroatoms. The van der Waals surface area contributed by atoms with Crippen molar-refractivity contribution in [2.24, 2.45) is 23.3 Å². The van der Waals surface area contributed by atoms with Crippen LogP contribution in [0.1, 0.15) is 150 Å². The second-order valence-electron chi connectivity index (χ2n) is 14.0. The first kappa shape index (κ1) is 45.3. The summed E-state index contributed by atoms with van der Waals surface area (Å²) in [6, 6.07) is -3.86. The number of hydrogen-bond donors (Lipinski definition) is 7. The zero-order valence-corrected chi connectivity index (χ0v) is 30.7. The minimum atomic E-state index is -1.15. The molecule has 48 heavy (non-hydrogen) atoms. The molecule has 0 unspecified atom stereocenters. The van der Waals surface area contributed by atoms with Crippen LogP contribution in [0.25, 0.3) is 0 Å². The number of nitrogens with one attached hydrogen (secondary N) is 4. The lowest BCUT2D eigenvalue weighted by atomic mass is 9.99. The van der Waals surface area contributed by atoms with Crippen LogP contribution in [0, 0.1) is 11.8 Å². The van der Waals surface area contributed by atoms with Gasteiger partial charge in [0, 0.05) is 6.42 Å². The summed E-state index contributed by atoms with van der Waals surface area (Å²) in [7, 11) is 0. The highest BCUT2D eigenvalue weighted by Gasteiger charge is 2.32. The van der Waals surface area contributed by atoms with E-state index in [2.05, 4.69) is 28.2 Å². The molecule has 0 aromatic heterocycles. The largest absolute Gasteiger partial charge is 0.480 e. The van der Waals surface area contributed by atoms with Gasteiger partial charge in [0.1, 0.15) is 24.2 Å². The molecule has 0 aliphatic rings. The number of carbonyl (C=O) groups is 5. The third kappa shape index (κ3) is 22.8. The Hall–Kier alpha value is -2.73. The van der Waals surface area contributed by atoms with Crippen molar-refractivity contribution >= 4 is 29.6 Å². The van der Waals surface area contributed by atoms with Gasteiger partial charge in [0.15, 0.2) is 0 Å². The molecular weight excluding hydrogens is 612 g/mol. The molecule has 9 N–H and O–H groups in total. The van der Waals surface area contributed by atoms with E-state index in [-0.39, 0.29) is 30.6 Å². The van der Waals surface area contributed by atoms with Gasteiger partial charge in [-0.15, -0.1) is 0 Å². The zero-order chi connectivity index (χ0) is 36.3. The first-order valence-electron chi connectivity index (χ1n) is 18.7. The average Bonchev–Trinajstić information content (AvgIpc) is 3.01. The molecule has 0 rings (SSSR count). The topological polar surface area (TPSA) is 206 Å². The first-order chi connectivity index (χ1) is 22.9. The summed E-state index contributed by atoms with van der Waals surface area (Å²) in [5.74, 6) is -2.86. The van der Waals surface area contributed by atoms with E-state index in [0.29, 0.717) is 58.0 Å². The fourth-order valence-electron chi connectivity index (χ4n) is 5.60. The van der Waals surface area contributed by atoms with E-state index in [9.17, 15) is 29.1 Å². The maximum absolute atomic E-state index is 13.6. The minimum absolute atomic E-state index is 0.0210. The van der Waals surface area contributed by atoms with Crippen molar-refractivity contribution in [3.05, 3.63) is 0 Å². The number of unbranched alkanes of at least 4 members (excludes halogenated alkanes) is 10. The predicted molar refractivity (Wildman–Crippen MR) is 192 cm³/mol. The van der Waals surface area contributed by atoms with E-state index in [0.717, 1.165) is 19.3 Å². The Morgan fingerprint density at radius 1 is 0.521 bits per heavy atom. The van der Waals surface area contributed by atoms with Gasteiger partial charge in [0.25, 0.3) is 0 Å². The summed E-state index contributed by atoms with van der Waals surface area (Å²) >= 11 is 0. The van der Waals surface area contributed by atoms with E-state index in [1.165, 1.54) is 38.5 Å². The van der Waals surface area contributed by atoms with Gasteiger partial charge in [-0.05, 0) is 82.7 Å². The molecule has 0 aromatic carbocycles. The number of carbonyl (C=O) groups excluding carboxylic acids is 4. The Labute approximate surface area is 290 Å². The summed E-state index contributed by atoms with van der Waals surface area (Å²) in [6.07, 6.45) is 14.3. The van der Waals surface area contributed by atoms with E-state index in [1.54, 1.807) is 0 Å². The Balaban J connectivity index is 5.48. The molecule has 4 atom stereocenters. The van der Waals surface area contributed by atoms with Crippen LogP contribution >= 0.6 is 0 Å². The molecule has 0 spiro atoms. The lowest BCUT2D eigenvalue weighted by Crippen LogP contribution is -2.58. The highest BCUT2D eigenvalue weighted by molar-refractivity contribution is 5.95. The number of rotatable bonds is 30. The van der Waals surface area contributed by atoms with E-state index in [1.807, 2.05) is 27.7 Å². The third-order valence-corrected chi connectivity index (χ3v) is 8.35. The average molecular weight is 683 g/mol. The second-order valence-corrected chi connectivity index (χ2v) is 14.0. The fourth-order valence-corrected chi connectivity index (χ4v) is 5.60. The summed E-state index contributed by atoms with van der Waals surface area (Å²) < 4.78 is 0. The van der Waals surface area contributed by atoms with Gasteiger partial charge in [-0.2, -0.15) is 0 Å². The first-order valence-corrected chi connectivity index (χ1v) is 18.7. The molecule has 0 saturated heterocycles. The summed E-state index contributed by atoms with van der Waals surface area (Å²) in [6.45, 7) is 10.8. The van der Waals surface area contributed by atoms with Crippen LogP contribution in [-0.4, -0.2) is 72.0 Å². The maximum atomic E-state index is 13.6. The molecule has 280 valence electrons. The van der Waals surface area contributed by atoms with Gasteiger partial charge in [0.05, 0.1) is 0 Å². The normalized spacial score (nSPS) is 13.9. The number of hydrogen-bond acceptors (Lipinski definition) is 7. The lowest BCUT2D eigenvalue weighted by molar-refractivity contribution is -0.142. The van der Waals surface area contributed by atoms with Crippen LogP contribution < -0.4 is 32.7 Å². The smallest absolute Gasteiger partial charge is 0.326 e. The van der Waals surface area contributed by atoms with Gasteiger partial charge in [-0.3, -0.25) is 19.2 Å². The van der Waals surface area contributed by atoms with Gasteiger partial charge < -0.3 is 37.8 Å². The number of carboxylic acids is 1. The zero-order valence-electron chi connectivity index (χ0n) is 30.7. The fraction of sp³-hybridized carbons (Fsp3) is 0.861. The van der Waals surface area contributed by atoms with E-state index < -0.39 is 47.9 Å². The highest BCUT2D eigenvalue weighted by Crippen LogP contribution is 2.13. The lowest BCUT2D eigenvalue weighted by Gasteiger charge is -2.27. The van der Waals surface area contributed by atoms with Crippen molar-refractivity contribution in [1.29, 1.82) is 0 Å². The van der Waals surface area contributed by atoms with Crippen LogP contribution in [0.15, 0.2) is 0 Å². The second kappa shape index (κ2) is 28.1. The minimum Gasteiger partial charge on any atom is -0.480 e. The van der Waals surface area contributed by atoms with Crippen molar-refractivity contribution in [3.63, 3.8) is 0 Å². The molecule has 0 fully saturated rings. The summed E-state index contributed by atoms with van der Waals surface area (Å²) in [4.78, 5) is 65.1. The standard InChI is InChI=1S/C36H70N6O6/c1-6-7-8-9-10-11-12-13-14-21-32(43)39-28(19-15-17-22-37)33(44)41-31(25-27(4)5)35(46)42-30(24-26(2)3)34(45)40-29(36(47)48)20-16-18-23-38/h26-31H,6-25,37-38H2,1-5H3,(H,39,43)(H,40,45)(H,41,44)(H,42,46)(H,47,48)/t28-,29-,30-,31-/m0/s1.